The second-order valence-electron chi connectivity index (χ2n) is 6.79. The maximum atomic E-state index is 2.35. The van der Waals surface area contributed by atoms with Gasteiger partial charge in [-0.3, -0.25) is 0 Å². The van der Waals surface area contributed by atoms with Gasteiger partial charge < -0.3 is 0 Å². The van der Waals surface area contributed by atoms with E-state index in [1.165, 1.54) is 38.9 Å². The SMILES string of the molecule is [CH]1c2ccccc2-c2cccc(C(c3ccccc3)c3ccccc3)c21. The summed E-state index contributed by atoms with van der Waals surface area (Å²) >= 11 is 0. The fourth-order valence-corrected chi connectivity index (χ4v) is 4.10. The molecule has 0 fully saturated rings. The summed E-state index contributed by atoms with van der Waals surface area (Å²) in [7, 11) is 0. The van der Waals surface area contributed by atoms with Gasteiger partial charge in [0.1, 0.15) is 0 Å². The number of benzene rings is 4. The van der Waals surface area contributed by atoms with Crippen LogP contribution in [0.3, 0.4) is 0 Å². The van der Waals surface area contributed by atoms with Gasteiger partial charge in [-0.2, -0.15) is 0 Å². The third kappa shape index (κ3) is 2.46. The van der Waals surface area contributed by atoms with Crippen LogP contribution in [0.4, 0.5) is 0 Å². The Morgan fingerprint density at radius 2 is 1.04 bits per heavy atom. The second kappa shape index (κ2) is 6.31. The molecule has 1 aliphatic rings. The van der Waals surface area contributed by atoms with Crippen LogP contribution in [0.25, 0.3) is 11.1 Å². The second-order valence-corrected chi connectivity index (χ2v) is 6.79. The lowest BCUT2D eigenvalue weighted by Crippen LogP contribution is -2.06. The zero-order valence-corrected chi connectivity index (χ0v) is 14.5. The highest BCUT2D eigenvalue weighted by atomic mass is 14.3. The van der Waals surface area contributed by atoms with Crippen molar-refractivity contribution in [2.24, 2.45) is 0 Å². The molecule has 0 unspecified atom stereocenters. The number of hydrogen-bond donors (Lipinski definition) is 0. The summed E-state index contributed by atoms with van der Waals surface area (Å²) in [5.41, 5.74) is 9.38. The van der Waals surface area contributed by atoms with E-state index in [-0.39, 0.29) is 5.92 Å². The first-order valence-corrected chi connectivity index (χ1v) is 9.09. The fraction of sp³-hybridized carbons (Fsp3) is 0.0385. The van der Waals surface area contributed by atoms with Crippen LogP contribution in [0.2, 0.25) is 0 Å². The van der Waals surface area contributed by atoms with Crippen molar-refractivity contribution in [3.63, 3.8) is 0 Å². The van der Waals surface area contributed by atoms with Crippen LogP contribution in [-0.2, 0) is 0 Å². The predicted molar refractivity (Wildman–Crippen MR) is 108 cm³/mol. The fourth-order valence-electron chi connectivity index (χ4n) is 4.10. The summed E-state index contributed by atoms with van der Waals surface area (Å²) in [4.78, 5) is 0. The quantitative estimate of drug-likeness (QED) is 0.333. The normalized spacial score (nSPS) is 12.0. The standard InChI is InChI=1S/C26H19/c1-3-10-19(11-4-1)26(20-12-5-2-6-13-20)24-17-9-16-23-22-15-8-7-14-21(22)18-25(23)24/h1-18,26H. The molecule has 26 heavy (non-hydrogen) atoms. The number of fused-ring (bicyclic) bond motifs is 3. The average molecular weight is 331 g/mol. The number of hydrogen-bond acceptors (Lipinski definition) is 0. The molecule has 0 atom stereocenters. The lowest BCUT2D eigenvalue weighted by atomic mass is 9.82. The Labute approximate surface area is 154 Å². The molecule has 0 heteroatoms. The summed E-state index contributed by atoms with van der Waals surface area (Å²) in [6.07, 6.45) is 2.35. The third-order valence-electron chi connectivity index (χ3n) is 5.27. The Balaban J connectivity index is 1.72. The Hall–Kier alpha value is -3.12. The maximum Gasteiger partial charge on any atom is 0.0343 e. The molecule has 0 aliphatic heterocycles. The molecule has 0 heterocycles. The van der Waals surface area contributed by atoms with Gasteiger partial charge in [-0.05, 0) is 38.9 Å². The molecule has 0 bridgehead atoms. The summed E-state index contributed by atoms with van der Waals surface area (Å²) in [6.45, 7) is 0. The van der Waals surface area contributed by atoms with E-state index in [0.717, 1.165) is 0 Å². The molecular weight excluding hydrogens is 312 g/mol. The first-order chi connectivity index (χ1) is 12.9. The van der Waals surface area contributed by atoms with Gasteiger partial charge >= 0.3 is 0 Å². The predicted octanol–water partition coefficient (Wildman–Crippen LogP) is 6.45. The van der Waals surface area contributed by atoms with Crippen molar-refractivity contribution in [1.82, 2.24) is 0 Å². The molecular formula is C26H19. The van der Waals surface area contributed by atoms with Crippen LogP contribution in [0, 0.1) is 6.42 Å². The Morgan fingerprint density at radius 3 is 1.73 bits per heavy atom. The van der Waals surface area contributed by atoms with E-state index < -0.39 is 0 Å². The zero-order chi connectivity index (χ0) is 17.3. The Bertz CT molecular complexity index is 1010. The lowest BCUT2D eigenvalue weighted by molar-refractivity contribution is 0.969. The first kappa shape index (κ1) is 15.2. The van der Waals surface area contributed by atoms with Gasteiger partial charge in [-0.15, -0.1) is 0 Å². The molecule has 4 aromatic rings. The molecule has 0 saturated carbocycles. The van der Waals surface area contributed by atoms with Gasteiger partial charge in [-0.25, -0.2) is 0 Å². The highest BCUT2D eigenvalue weighted by Crippen LogP contribution is 2.44. The van der Waals surface area contributed by atoms with Crippen molar-refractivity contribution in [3.8, 4) is 11.1 Å². The molecule has 4 aromatic carbocycles. The third-order valence-corrected chi connectivity index (χ3v) is 5.27. The highest BCUT2D eigenvalue weighted by Gasteiger charge is 2.26. The molecule has 1 radical (unpaired) electrons. The first-order valence-electron chi connectivity index (χ1n) is 9.09. The van der Waals surface area contributed by atoms with E-state index >= 15 is 0 Å². The average Bonchev–Trinajstić information content (AvgIpc) is 3.10. The minimum atomic E-state index is 0.234. The van der Waals surface area contributed by atoms with Crippen molar-refractivity contribution >= 4 is 0 Å². The van der Waals surface area contributed by atoms with E-state index in [9.17, 15) is 0 Å². The van der Waals surface area contributed by atoms with Crippen LogP contribution in [0.15, 0.2) is 103 Å². The van der Waals surface area contributed by atoms with Crippen LogP contribution < -0.4 is 0 Å². The molecule has 0 nitrogen and oxygen atoms in total. The van der Waals surface area contributed by atoms with Gasteiger partial charge in [0.2, 0.25) is 0 Å². The van der Waals surface area contributed by atoms with Gasteiger partial charge in [0, 0.05) is 12.3 Å². The molecule has 5 rings (SSSR count). The minimum absolute atomic E-state index is 0.234. The van der Waals surface area contributed by atoms with Crippen molar-refractivity contribution in [3.05, 3.63) is 137 Å². The van der Waals surface area contributed by atoms with Gasteiger partial charge in [-0.1, -0.05) is 103 Å². The van der Waals surface area contributed by atoms with Crippen LogP contribution >= 0.6 is 0 Å². The molecule has 0 aromatic heterocycles. The highest BCUT2D eigenvalue weighted by molar-refractivity contribution is 5.83. The van der Waals surface area contributed by atoms with Crippen molar-refractivity contribution < 1.29 is 0 Å². The minimum Gasteiger partial charge on any atom is -0.0622 e. The van der Waals surface area contributed by atoms with Crippen molar-refractivity contribution in [2.45, 2.75) is 5.92 Å². The van der Waals surface area contributed by atoms with Gasteiger partial charge in [0.25, 0.3) is 0 Å². The largest absolute Gasteiger partial charge is 0.0622 e. The van der Waals surface area contributed by atoms with Crippen molar-refractivity contribution in [1.29, 1.82) is 0 Å². The maximum absolute atomic E-state index is 2.35. The van der Waals surface area contributed by atoms with E-state index in [4.69, 9.17) is 0 Å². The number of rotatable bonds is 3. The van der Waals surface area contributed by atoms with Gasteiger partial charge in [0.15, 0.2) is 0 Å². The molecule has 0 saturated heterocycles. The molecule has 1 aliphatic carbocycles. The topological polar surface area (TPSA) is 0 Å². The van der Waals surface area contributed by atoms with Crippen LogP contribution in [-0.4, -0.2) is 0 Å². The van der Waals surface area contributed by atoms with E-state index in [1.54, 1.807) is 0 Å². The summed E-state index contributed by atoms with van der Waals surface area (Å²) in [5, 5.41) is 0. The van der Waals surface area contributed by atoms with Crippen LogP contribution in [0.5, 0.6) is 0 Å². The van der Waals surface area contributed by atoms with E-state index in [1.807, 2.05) is 0 Å². The smallest absolute Gasteiger partial charge is 0.0343 e. The molecule has 123 valence electrons. The lowest BCUT2D eigenvalue weighted by Gasteiger charge is -2.22. The monoisotopic (exact) mass is 331 g/mol. The Kier molecular flexibility index (Phi) is 3.68. The molecule has 0 spiro atoms. The van der Waals surface area contributed by atoms with Crippen LogP contribution in [0.1, 0.15) is 33.7 Å². The van der Waals surface area contributed by atoms with Gasteiger partial charge in [0.05, 0.1) is 0 Å². The van der Waals surface area contributed by atoms with E-state index in [2.05, 4.69) is 110 Å². The zero-order valence-electron chi connectivity index (χ0n) is 14.5. The Morgan fingerprint density at radius 1 is 0.462 bits per heavy atom. The van der Waals surface area contributed by atoms with E-state index in [0.29, 0.717) is 0 Å². The summed E-state index contributed by atoms with van der Waals surface area (Å²) < 4.78 is 0. The molecule has 0 amide bonds. The summed E-state index contributed by atoms with van der Waals surface area (Å²) in [5.74, 6) is 0.234. The molecule has 0 N–H and O–H groups in total. The summed E-state index contributed by atoms with van der Waals surface area (Å²) in [6, 6.07) is 37.0. The van der Waals surface area contributed by atoms with Crippen molar-refractivity contribution in [2.75, 3.05) is 0 Å².